The molecule has 2 heteroatoms. The van der Waals surface area contributed by atoms with Gasteiger partial charge in [-0.15, -0.1) is 11.6 Å². The Morgan fingerprint density at radius 1 is 1.33 bits per heavy atom. The van der Waals surface area contributed by atoms with Gasteiger partial charge in [0.05, 0.1) is 0 Å². The molecule has 0 bridgehead atoms. The molecule has 0 saturated heterocycles. The van der Waals surface area contributed by atoms with Gasteiger partial charge in [0, 0.05) is 37.5 Å². The molecule has 0 amide bonds. The molecule has 1 rings (SSSR count). The normalized spacial score (nSPS) is 19.8. The fourth-order valence-corrected chi connectivity index (χ4v) is 0.923. The first-order valence-corrected chi connectivity index (χ1v) is 3.23. The van der Waals surface area contributed by atoms with E-state index in [4.69, 9.17) is 11.6 Å². The number of alkyl halides is 1. The maximum Gasteiger partial charge on any atom is 0.0405 e. The minimum atomic E-state index is 0. The van der Waals surface area contributed by atoms with Gasteiger partial charge >= 0.3 is 0 Å². The van der Waals surface area contributed by atoms with Crippen LogP contribution >= 0.6 is 11.6 Å². The topological polar surface area (TPSA) is 0 Å². The Balaban J connectivity index is 0.000000640. The molecule has 0 spiro atoms. The van der Waals surface area contributed by atoms with Crippen LogP contribution in [0.1, 0.15) is 6.92 Å². The van der Waals surface area contributed by atoms with Crippen molar-refractivity contribution in [3.63, 3.8) is 0 Å². The van der Waals surface area contributed by atoms with Crippen LogP contribution < -0.4 is 0 Å². The molecule has 0 aromatic heterocycles. The van der Waals surface area contributed by atoms with E-state index in [0.717, 1.165) is 0 Å². The molecule has 0 aromatic carbocycles. The minimum Gasteiger partial charge on any atom is -0.122 e. The summed E-state index contributed by atoms with van der Waals surface area (Å²) in [5.41, 5.74) is 0. The van der Waals surface area contributed by atoms with E-state index in [1.807, 2.05) is 19.1 Å². The van der Waals surface area contributed by atoms with Crippen molar-refractivity contribution in [1.82, 2.24) is 0 Å². The molecule has 9 heavy (non-hydrogen) atoms. The van der Waals surface area contributed by atoms with E-state index < -0.39 is 0 Å². The second-order valence-corrected chi connectivity index (χ2v) is 2.71. The van der Waals surface area contributed by atoms with Crippen molar-refractivity contribution < 1.29 is 26.2 Å². The van der Waals surface area contributed by atoms with Crippen LogP contribution in [-0.2, 0) is 26.2 Å². The molecule has 0 aliphatic heterocycles. The first-order valence-electron chi connectivity index (χ1n) is 2.80. The molecule has 0 nitrogen and oxygen atoms in total. The average Bonchev–Trinajstić information content (AvgIpc) is 2.12. The number of halogens is 1. The molecule has 1 aliphatic rings. The van der Waals surface area contributed by atoms with Crippen molar-refractivity contribution in [2.45, 2.75) is 12.3 Å². The van der Waals surface area contributed by atoms with Gasteiger partial charge in [-0.3, -0.25) is 0 Å². The molecular formula is C7H9ClZr. The molecular weight excluding hydrogens is 211 g/mol. The van der Waals surface area contributed by atoms with Gasteiger partial charge in [0.1, 0.15) is 0 Å². The van der Waals surface area contributed by atoms with Crippen LogP contribution in [-0.4, -0.2) is 5.38 Å². The van der Waals surface area contributed by atoms with E-state index in [9.17, 15) is 0 Å². The van der Waals surface area contributed by atoms with Gasteiger partial charge in [-0.05, 0) is 6.92 Å². The van der Waals surface area contributed by atoms with E-state index in [1.165, 1.54) is 0 Å². The van der Waals surface area contributed by atoms with Crippen molar-refractivity contribution in [3.05, 3.63) is 24.3 Å². The largest absolute Gasteiger partial charge is 0.122 e. The Kier molecular flexibility index (Phi) is 4.79. The monoisotopic (exact) mass is 218 g/mol. The van der Waals surface area contributed by atoms with Gasteiger partial charge in [0.2, 0.25) is 0 Å². The first kappa shape index (κ1) is 9.65. The van der Waals surface area contributed by atoms with E-state index in [2.05, 4.69) is 12.2 Å². The number of allylic oxidation sites excluding steroid dienone is 4. The average molecular weight is 220 g/mol. The molecule has 1 unspecified atom stereocenters. The van der Waals surface area contributed by atoms with E-state index in [-0.39, 0.29) is 31.6 Å². The van der Waals surface area contributed by atoms with Crippen molar-refractivity contribution in [3.8, 4) is 0 Å². The van der Waals surface area contributed by atoms with E-state index in [1.54, 1.807) is 0 Å². The van der Waals surface area contributed by atoms with E-state index >= 15 is 0 Å². The summed E-state index contributed by atoms with van der Waals surface area (Å²) < 4.78 is 0. The van der Waals surface area contributed by atoms with Crippen LogP contribution in [0.15, 0.2) is 24.3 Å². The molecule has 0 radical (unpaired) electrons. The molecule has 1 atom stereocenters. The van der Waals surface area contributed by atoms with Crippen molar-refractivity contribution >= 4 is 11.6 Å². The number of hydrogen-bond donors (Lipinski definition) is 0. The van der Waals surface area contributed by atoms with E-state index in [0.29, 0.717) is 5.92 Å². The van der Waals surface area contributed by atoms with Gasteiger partial charge in [0.25, 0.3) is 0 Å². The molecule has 48 valence electrons. The summed E-state index contributed by atoms with van der Waals surface area (Å²) in [6.45, 7) is 2.01. The third-order valence-corrected chi connectivity index (χ3v) is 1.60. The third kappa shape index (κ3) is 2.82. The summed E-state index contributed by atoms with van der Waals surface area (Å²) in [6, 6.07) is 0. The van der Waals surface area contributed by atoms with Gasteiger partial charge < -0.3 is 0 Å². The summed E-state index contributed by atoms with van der Waals surface area (Å²) in [4.78, 5) is 0. The quantitative estimate of drug-likeness (QED) is 0.594. The molecule has 1 aliphatic carbocycles. The van der Waals surface area contributed by atoms with Gasteiger partial charge in [-0.25, -0.2) is 0 Å². The van der Waals surface area contributed by atoms with Crippen LogP contribution in [0.2, 0.25) is 0 Å². The maximum absolute atomic E-state index is 5.78. The maximum atomic E-state index is 5.78. The van der Waals surface area contributed by atoms with Gasteiger partial charge in [0.15, 0.2) is 0 Å². The first-order chi connectivity index (χ1) is 3.80. The van der Waals surface area contributed by atoms with Crippen LogP contribution in [0.3, 0.4) is 0 Å². The van der Waals surface area contributed by atoms with Crippen LogP contribution in [0, 0.1) is 5.92 Å². The summed E-state index contributed by atoms with van der Waals surface area (Å²) in [7, 11) is 0. The Hall–Kier alpha value is 0.653. The molecule has 0 saturated carbocycles. The molecule has 0 N–H and O–H groups in total. The van der Waals surface area contributed by atoms with Crippen molar-refractivity contribution in [1.29, 1.82) is 0 Å². The van der Waals surface area contributed by atoms with Crippen molar-refractivity contribution in [2.24, 2.45) is 5.92 Å². The molecule has 0 heterocycles. The number of hydrogen-bond acceptors (Lipinski definition) is 0. The summed E-state index contributed by atoms with van der Waals surface area (Å²) >= 11 is 5.78. The zero-order chi connectivity index (χ0) is 5.98. The zero-order valence-corrected chi connectivity index (χ0v) is 8.56. The Morgan fingerprint density at radius 3 is 2.00 bits per heavy atom. The fraction of sp³-hybridized carbons (Fsp3) is 0.429. The molecule has 0 aromatic rings. The standard InChI is InChI=1S/C7H9Cl.Zr/c1-6(8)7-4-2-3-5-7;/h2-7H,1H3;. The van der Waals surface area contributed by atoms with Crippen LogP contribution in [0.4, 0.5) is 0 Å². The number of rotatable bonds is 1. The Labute approximate surface area is 80.1 Å². The second kappa shape index (κ2) is 4.47. The predicted molar refractivity (Wildman–Crippen MR) is 37.1 cm³/mol. The predicted octanol–water partition coefficient (Wildman–Crippen LogP) is 2.35. The van der Waals surface area contributed by atoms with Gasteiger partial charge in [-0.2, -0.15) is 0 Å². The molecule has 0 fully saturated rings. The zero-order valence-electron chi connectivity index (χ0n) is 5.34. The van der Waals surface area contributed by atoms with Crippen molar-refractivity contribution in [2.75, 3.05) is 0 Å². The Bertz CT molecular complexity index is 115. The second-order valence-electron chi connectivity index (χ2n) is 2.02. The smallest absolute Gasteiger partial charge is 0.0405 e. The van der Waals surface area contributed by atoms with Crippen LogP contribution in [0.25, 0.3) is 0 Å². The minimum absolute atomic E-state index is 0. The Morgan fingerprint density at radius 2 is 1.78 bits per heavy atom. The summed E-state index contributed by atoms with van der Waals surface area (Å²) in [6.07, 6.45) is 8.28. The fourth-order valence-electron chi connectivity index (χ4n) is 0.755. The summed E-state index contributed by atoms with van der Waals surface area (Å²) in [5.74, 6) is 0.469. The summed E-state index contributed by atoms with van der Waals surface area (Å²) in [5, 5.41) is 0.241. The SMILES string of the molecule is CC(Cl)C1C=CC=C1.[Zr]. The third-order valence-electron chi connectivity index (χ3n) is 1.31. The van der Waals surface area contributed by atoms with Crippen LogP contribution in [0.5, 0.6) is 0 Å². The van der Waals surface area contributed by atoms with Gasteiger partial charge in [-0.1, -0.05) is 24.3 Å².